The largest absolute Gasteiger partial charge is 0.304 e. The molecule has 1 saturated heterocycles. The summed E-state index contributed by atoms with van der Waals surface area (Å²) in [5.74, 6) is 0. The molecule has 0 amide bonds. The summed E-state index contributed by atoms with van der Waals surface area (Å²) >= 11 is 0. The minimum Gasteiger partial charge on any atom is -0.304 e. The van der Waals surface area contributed by atoms with Crippen molar-refractivity contribution < 1.29 is 0 Å². The molecule has 2 heterocycles. The van der Waals surface area contributed by atoms with Gasteiger partial charge in [-0.05, 0) is 12.6 Å². The van der Waals surface area contributed by atoms with Crippen molar-refractivity contribution in [2.45, 2.75) is 13.1 Å². The fourth-order valence-corrected chi connectivity index (χ4v) is 2.61. The highest BCUT2D eigenvalue weighted by Crippen LogP contribution is 2.08. The van der Waals surface area contributed by atoms with Crippen LogP contribution in [0.4, 0.5) is 0 Å². The predicted molar refractivity (Wildman–Crippen MR) is 80.5 cm³/mol. The van der Waals surface area contributed by atoms with Gasteiger partial charge in [0, 0.05) is 44.5 Å². The number of aromatic nitrogens is 2. The van der Waals surface area contributed by atoms with E-state index in [2.05, 4.69) is 52.4 Å². The van der Waals surface area contributed by atoms with E-state index in [9.17, 15) is 0 Å². The summed E-state index contributed by atoms with van der Waals surface area (Å²) in [6.07, 6.45) is 4.17. The van der Waals surface area contributed by atoms with Gasteiger partial charge in [-0.2, -0.15) is 5.10 Å². The molecule has 1 aliphatic rings. The maximum atomic E-state index is 4.47. The van der Waals surface area contributed by atoms with E-state index in [1.165, 1.54) is 11.1 Å². The third-order valence-electron chi connectivity index (χ3n) is 3.88. The molecule has 1 aromatic carbocycles. The Labute approximate surface area is 120 Å². The Morgan fingerprint density at radius 3 is 2.45 bits per heavy atom. The second-order valence-corrected chi connectivity index (χ2v) is 5.61. The van der Waals surface area contributed by atoms with Gasteiger partial charge in [0.2, 0.25) is 0 Å². The van der Waals surface area contributed by atoms with Crippen LogP contribution in [0.25, 0.3) is 0 Å². The number of likely N-dealkylation sites (N-methyl/N-ethyl adjacent to an activating group) is 1. The smallest absolute Gasteiger partial charge is 0.0659 e. The molecule has 4 nitrogen and oxygen atoms in total. The van der Waals surface area contributed by atoms with E-state index in [0.29, 0.717) is 0 Å². The molecule has 2 aromatic rings. The van der Waals surface area contributed by atoms with Crippen molar-refractivity contribution in [3.8, 4) is 0 Å². The fourth-order valence-electron chi connectivity index (χ4n) is 2.61. The van der Waals surface area contributed by atoms with Crippen molar-refractivity contribution in [3.63, 3.8) is 0 Å². The van der Waals surface area contributed by atoms with E-state index in [-0.39, 0.29) is 0 Å². The normalized spacial score (nSPS) is 17.4. The zero-order valence-corrected chi connectivity index (χ0v) is 12.1. The van der Waals surface area contributed by atoms with Crippen LogP contribution in [0, 0.1) is 0 Å². The zero-order valence-electron chi connectivity index (χ0n) is 12.1. The Balaban J connectivity index is 1.57. The van der Waals surface area contributed by atoms with Gasteiger partial charge in [0.25, 0.3) is 0 Å². The molecular formula is C16H22N4. The van der Waals surface area contributed by atoms with Crippen molar-refractivity contribution in [3.05, 3.63) is 53.9 Å². The molecule has 0 aliphatic carbocycles. The first-order valence-corrected chi connectivity index (χ1v) is 7.26. The third kappa shape index (κ3) is 3.46. The lowest BCUT2D eigenvalue weighted by atomic mass is 10.2. The van der Waals surface area contributed by atoms with Crippen LogP contribution in [0.15, 0.2) is 42.7 Å². The molecule has 0 bridgehead atoms. The lowest BCUT2D eigenvalue weighted by Crippen LogP contribution is -2.43. The summed E-state index contributed by atoms with van der Waals surface area (Å²) in [6.45, 7) is 6.50. The van der Waals surface area contributed by atoms with Crippen LogP contribution in [0.3, 0.4) is 0 Å². The van der Waals surface area contributed by atoms with Gasteiger partial charge in [0.05, 0.1) is 12.7 Å². The molecule has 0 atom stereocenters. The monoisotopic (exact) mass is 270 g/mol. The molecule has 3 rings (SSSR count). The maximum Gasteiger partial charge on any atom is 0.0659 e. The molecule has 0 radical (unpaired) electrons. The minimum atomic E-state index is 0.851. The number of nitrogens with zero attached hydrogens (tertiary/aromatic N) is 4. The predicted octanol–water partition coefficient (Wildman–Crippen LogP) is 1.68. The number of piperazine rings is 1. The first kappa shape index (κ1) is 13.3. The van der Waals surface area contributed by atoms with Gasteiger partial charge in [-0.15, -0.1) is 0 Å². The van der Waals surface area contributed by atoms with Crippen LogP contribution in [0.1, 0.15) is 11.1 Å². The fraction of sp³-hybridized carbons (Fsp3) is 0.438. The first-order chi connectivity index (χ1) is 9.79. The second kappa shape index (κ2) is 6.20. The quantitative estimate of drug-likeness (QED) is 0.845. The summed E-state index contributed by atoms with van der Waals surface area (Å²) < 4.78 is 2.03. The van der Waals surface area contributed by atoms with Gasteiger partial charge < -0.3 is 4.90 Å². The van der Waals surface area contributed by atoms with Crippen molar-refractivity contribution in [2.75, 3.05) is 33.2 Å². The Morgan fingerprint density at radius 1 is 0.950 bits per heavy atom. The molecule has 0 N–H and O–H groups in total. The standard InChI is InChI=1S/C16H22N4/c1-18-7-9-19(10-8-18)12-16-11-17-20(14-16)13-15-5-3-2-4-6-15/h2-6,11,14H,7-10,12-13H2,1H3. The van der Waals surface area contributed by atoms with Crippen LogP contribution >= 0.6 is 0 Å². The van der Waals surface area contributed by atoms with Gasteiger partial charge in [-0.1, -0.05) is 30.3 Å². The molecule has 106 valence electrons. The van der Waals surface area contributed by atoms with Crippen LogP contribution in [0.2, 0.25) is 0 Å². The van der Waals surface area contributed by atoms with E-state index < -0.39 is 0 Å². The van der Waals surface area contributed by atoms with Crippen molar-refractivity contribution in [1.29, 1.82) is 0 Å². The molecular weight excluding hydrogens is 248 g/mol. The van der Waals surface area contributed by atoms with Gasteiger partial charge in [0.15, 0.2) is 0 Å². The molecule has 4 heteroatoms. The Morgan fingerprint density at radius 2 is 1.70 bits per heavy atom. The summed E-state index contributed by atoms with van der Waals surface area (Å²) in [7, 11) is 2.19. The Kier molecular flexibility index (Phi) is 4.14. The topological polar surface area (TPSA) is 24.3 Å². The van der Waals surface area contributed by atoms with Crippen molar-refractivity contribution >= 4 is 0 Å². The van der Waals surface area contributed by atoms with E-state index >= 15 is 0 Å². The zero-order chi connectivity index (χ0) is 13.8. The van der Waals surface area contributed by atoms with Gasteiger partial charge >= 0.3 is 0 Å². The number of hydrogen-bond acceptors (Lipinski definition) is 3. The van der Waals surface area contributed by atoms with Gasteiger partial charge in [-0.25, -0.2) is 0 Å². The highest BCUT2D eigenvalue weighted by molar-refractivity contribution is 5.15. The van der Waals surface area contributed by atoms with E-state index in [0.717, 1.165) is 39.3 Å². The molecule has 0 spiro atoms. The third-order valence-corrected chi connectivity index (χ3v) is 3.88. The Hall–Kier alpha value is -1.65. The summed E-state index contributed by atoms with van der Waals surface area (Å²) in [6, 6.07) is 10.5. The van der Waals surface area contributed by atoms with Crippen LogP contribution in [0.5, 0.6) is 0 Å². The second-order valence-electron chi connectivity index (χ2n) is 5.61. The number of benzene rings is 1. The summed E-state index contributed by atoms with van der Waals surface area (Å²) in [5, 5.41) is 4.47. The number of hydrogen-bond donors (Lipinski definition) is 0. The maximum absolute atomic E-state index is 4.47. The van der Waals surface area contributed by atoms with Crippen molar-refractivity contribution in [2.24, 2.45) is 0 Å². The highest BCUT2D eigenvalue weighted by atomic mass is 15.3. The molecule has 20 heavy (non-hydrogen) atoms. The average Bonchev–Trinajstić information content (AvgIpc) is 2.90. The van der Waals surface area contributed by atoms with E-state index in [1.54, 1.807) is 0 Å². The Bertz CT molecular complexity index is 526. The summed E-state index contributed by atoms with van der Waals surface area (Å²) in [5.41, 5.74) is 2.60. The SMILES string of the molecule is CN1CCN(Cc2cnn(Cc3ccccc3)c2)CC1. The first-order valence-electron chi connectivity index (χ1n) is 7.26. The molecule has 1 aromatic heterocycles. The molecule has 0 unspecified atom stereocenters. The average molecular weight is 270 g/mol. The van der Waals surface area contributed by atoms with Crippen molar-refractivity contribution in [1.82, 2.24) is 19.6 Å². The minimum absolute atomic E-state index is 0.851. The highest BCUT2D eigenvalue weighted by Gasteiger charge is 2.14. The van der Waals surface area contributed by atoms with Crippen LogP contribution in [-0.2, 0) is 13.1 Å². The van der Waals surface area contributed by atoms with Gasteiger partial charge in [-0.3, -0.25) is 9.58 Å². The lowest BCUT2D eigenvalue weighted by Gasteiger charge is -2.31. The summed E-state index contributed by atoms with van der Waals surface area (Å²) in [4.78, 5) is 4.89. The number of rotatable bonds is 4. The van der Waals surface area contributed by atoms with E-state index in [4.69, 9.17) is 0 Å². The van der Waals surface area contributed by atoms with Gasteiger partial charge in [0.1, 0.15) is 0 Å². The van der Waals surface area contributed by atoms with E-state index in [1.807, 2.05) is 16.9 Å². The van der Waals surface area contributed by atoms with Crippen LogP contribution in [-0.4, -0.2) is 52.8 Å². The molecule has 0 saturated carbocycles. The van der Waals surface area contributed by atoms with Crippen LogP contribution < -0.4 is 0 Å². The molecule has 1 fully saturated rings. The lowest BCUT2D eigenvalue weighted by molar-refractivity contribution is 0.148. The molecule has 1 aliphatic heterocycles.